The maximum atomic E-state index is 12.5. The summed E-state index contributed by atoms with van der Waals surface area (Å²) in [7, 11) is 0. The molecule has 0 spiro atoms. The van der Waals surface area contributed by atoms with E-state index in [1.165, 1.54) is 0 Å². The predicted molar refractivity (Wildman–Crippen MR) is 114 cm³/mol. The van der Waals surface area contributed by atoms with Crippen LogP contribution in [-0.2, 0) is 19.1 Å². The number of nitrogens with zero attached hydrogens (tertiary/aromatic N) is 1. The van der Waals surface area contributed by atoms with E-state index in [4.69, 9.17) is 9.47 Å². The zero-order valence-electron chi connectivity index (χ0n) is 17.4. The van der Waals surface area contributed by atoms with Crippen molar-refractivity contribution in [3.8, 4) is 5.75 Å². The third-order valence-corrected chi connectivity index (χ3v) is 4.96. The average molecular weight is 410 g/mol. The molecule has 1 aliphatic heterocycles. The van der Waals surface area contributed by atoms with Crippen LogP contribution in [0.25, 0.3) is 0 Å². The van der Waals surface area contributed by atoms with Crippen molar-refractivity contribution in [3.63, 3.8) is 0 Å². The van der Waals surface area contributed by atoms with Crippen molar-refractivity contribution < 1.29 is 23.9 Å². The highest BCUT2D eigenvalue weighted by Gasteiger charge is 2.37. The fourth-order valence-corrected chi connectivity index (χ4v) is 3.57. The van der Waals surface area contributed by atoms with Crippen molar-refractivity contribution in [1.82, 2.24) is 0 Å². The normalized spacial score (nSPS) is 15.8. The monoisotopic (exact) mass is 410 g/mol. The fraction of sp³-hybridized carbons (Fsp3) is 0.348. The summed E-state index contributed by atoms with van der Waals surface area (Å²) in [5.74, 6) is -0.980. The molecule has 7 heteroatoms. The lowest BCUT2D eigenvalue weighted by molar-refractivity contribution is -0.151. The molecule has 2 aromatic rings. The van der Waals surface area contributed by atoms with E-state index in [0.717, 1.165) is 16.8 Å². The second kappa shape index (κ2) is 9.43. The Morgan fingerprint density at radius 1 is 1.10 bits per heavy atom. The van der Waals surface area contributed by atoms with Gasteiger partial charge in [-0.15, -0.1) is 0 Å². The van der Waals surface area contributed by atoms with Gasteiger partial charge in [0.1, 0.15) is 5.75 Å². The first-order valence-corrected chi connectivity index (χ1v) is 9.95. The molecule has 2 amide bonds. The highest BCUT2D eigenvalue weighted by molar-refractivity contribution is 6.01. The van der Waals surface area contributed by atoms with Crippen LogP contribution in [0, 0.1) is 19.8 Å². The smallest absolute Gasteiger partial charge is 0.311 e. The molecule has 1 atom stereocenters. The van der Waals surface area contributed by atoms with Gasteiger partial charge in [0.05, 0.1) is 12.5 Å². The van der Waals surface area contributed by atoms with Gasteiger partial charge < -0.3 is 19.7 Å². The van der Waals surface area contributed by atoms with E-state index in [1.807, 2.05) is 39.0 Å². The standard InChI is InChI=1S/C23H26N2O5/c1-4-29-19-10-8-18(9-11-19)24-20(26)14-30-23(28)17-12-21(27)25(13-17)22-15(2)6-5-7-16(22)3/h5-11,17H,4,12-14H2,1-3H3,(H,24,26). The second-order valence-electron chi connectivity index (χ2n) is 7.26. The van der Waals surface area contributed by atoms with Gasteiger partial charge in [0.2, 0.25) is 5.91 Å². The van der Waals surface area contributed by atoms with Crippen molar-refractivity contribution >= 4 is 29.2 Å². The van der Waals surface area contributed by atoms with Crippen LogP contribution in [0.3, 0.4) is 0 Å². The van der Waals surface area contributed by atoms with Crippen LogP contribution in [0.5, 0.6) is 5.75 Å². The van der Waals surface area contributed by atoms with E-state index < -0.39 is 24.4 Å². The van der Waals surface area contributed by atoms with Crippen LogP contribution in [0.15, 0.2) is 42.5 Å². The van der Waals surface area contributed by atoms with E-state index in [2.05, 4.69) is 5.32 Å². The molecule has 30 heavy (non-hydrogen) atoms. The number of esters is 1. The summed E-state index contributed by atoms with van der Waals surface area (Å²) in [5, 5.41) is 2.67. The van der Waals surface area contributed by atoms with Crippen molar-refractivity contribution in [2.45, 2.75) is 27.2 Å². The Bertz CT molecular complexity index is 919. The SMILES string of the molecule is CCOc1ccc(NC(=O)COC(=O)C2CC(=O)N(c3c(C)cccc3C)C2)cc1. The van der Waals surface area contributed by atoms with Gasteiger partial charge in [-0.25, -0.2) is 0 Å². The van der Waals surface area contributed by atoms with Crippen LogP contribution >= 0.6 is 0 Å². The number of carbonyl (C=O) groups excluding carboxylic acids is 3. The van der Waals surface area contributed by atoms with Gasteiger partial charge in [0, 0.05) is 24.3 Å². The molecule has 3 rings (SSSR count). The zero-order valence-corrected chi connectivity index (χ0v) is 17.4. The molecule has 2 aromatic carbocycles. The summed E-state index contributed by atoms with van der Waals surface area (Å²) < 4.78 is 10.5. The molecule has 0 radical (unpaired) electrons. The Labute approximate surface area is 176 Å². The van der Waals surface area contributed by atoms with Gasteiger partial charge >= 0.3 is 5.97 Å². The topological polar surface area (TPSA) is 84.9 Å². The summed E-state index contributed by atoms with van der Waals surface area (Å²) in [5.41, 5.74) is 3.38. The number of hydrogen-bond acceptors (Lipinski definition) is 5. The van der Waals surface area contributed by atoms with Crippen molar-refractivity contribution in [2.24, 2.45) is 5.92 Å². The summed E-state index contributed by atoms with van der Waals surface area (Å²) in [6.07, 6.45) is 0.0765. The Kier molecular flexibility index (Phi) is 6.72. The maximum absolute atomic E-state index is 12.5. The first kappa shape index (κ1) is 21.4. The van der Waals surface area contributed by atoms with Crippen LogP contribution in [0.1, 0.15) is 24.5 Å². The van der Waals surface area contributed by atoms with Crippen LogP contribution in [0.2, 0.25) is 0 Å². The van der Waals surface area contributed by atoms with Gasteiger partial charge in [-0.3, -0.25) is 14.4 Å². The number of amides is 2. The number of para-hydroxylation sites is 1. The molecule has 1 aliphatic rings. The largest absolute Gasteiger partial charge is 0.494 e. The van der Waals surface area contributed by atoms with Crippen molar-refractivity contribution in [2.75, 3.05) is 30.0 Å². The molecule has 7 nitrogen and oxygen atoms in total. The average Bonchev–Trinajstić information content (AvgIpc) is 3.09. The first-order chi connectivity index (χ1) is 14.4. The van der Waals surface area contributed by atoms with Gasteiger partial charge in [0.15, 0.2) is 6.61 Å². The molecular formula is C23H26N2O5. The second-order valence-corrected chi connectivity index (χ2v) is 7.26. The molecule has 1 N–H and O–H groups in total. The number of ether oxygens (including phenoxy) is 2. The third kappa shape index (κ3) is 4.97. The first-order valence-electron chi connectivity index (χ1n) is 9.95. The molecule has 0 bridgehead atoms. The molecule has 1 heterocycles. The lowest BCUT2D eigenvalue weighted by Crippen LogP contribution is -2.29. The quantitative estimate of drug-likeness (QED) is 0.709. The minimum Gasteiger partial charge on any atom is -0.494 e. The molecule has 1 fully saturated rings. The summed E-state index contributed by atoms with van der Waals surface area (Å²) in [4.78, 5) is 38.6. The minimum absolute atomic E-state index is 0.0765. The summed E-state index contributed by atoms with van der Waals surface area (Å²) >= 11 is 0. The van der Waals surface area contributed by atoms with Gasteiger partial charge in [-0.2, -0.15) is 0 Å². The molecule has 158 valence electrons. The van der Waals surface area contributed by atoms with Crippen molar-refractivity contribution in [3.05, 3.63) is 53.6 Å². The molecule has 0 aliphatic carbocycles. The Balaban J connectivity index is 1.52. The van der Waals surface area contributed by atoms with E-state index in [9.17, 15) is 14.4 Å². The van der Waals surface area contributed by atoms with E-state index >= 15 is 0 Å². The van der Waals surface area contributed by atoms with Crippen LogP contribution < -0.4 is 15.0 Å². The molecular weight excluding hydrogens is 384 g/mol. The Hall–Kier alpha value is -3.35. The molecule has 0 aromatic heterocycles. The number of hydrogen-bond donors (Lipinski definition) is 1. The van der Waals surface area contributed by atoms with E-state index in [1.54, 1.807) is 29.2 Å². The number of rotatable bonds is 7. The third-order valence-electron chi connectivity index (χ3n) is 4.96. The van der Waals surface area contributed by atoms with Crippen LogP contribution in [0.4, 0.5) is 11.4 Å². The van der Waals surface area contributed by atoms with Crippen molar-refractivity contribution in [1.29, 1.82) is 0 Å². The Morgan fingerprint density at radius 3 is 2.40 bits per heavy atom. The zero-order chi connectivity index (χ0) is 21.7. The number of aryl methyl sites for hydroxylation is 2. The summed E-state index contributed by atoms with van der Waals surface area (Å²) in [6.45, 7) is 6.18. The lowest BCUT2D eigenvalue weighted by Gasteiger charge is -2.21. The molecule has 0 saturated carbocycles. The Morgan fingerprint density at radius 2 is 1.77 bits per heavy atom. The van der Waals surface area contributed by atoms with Gasteiger partial charge in [0.25, 0.3) is 5.91 Å². The van der Waals surface area contributed by atoms with Gasteiger partial charge in [-0.05, 0) is 56.2 Å². The highest BCUT2D eigenvalue weighted by Crippen LogP contribution is 2.31. The maximum Gasteiger partial charge on any atom is 0.311 e. The number of nitrogens with one attached hydrogen (secondary N) is 1. The fourth-order valence-electron chi connectivity index (χ4n) is 3.57. The number of carbonyl (C=O) groups is 3. The highest BCUT2D eigenvalue weighted by atomic mass is 16.5. The number of anilines is 2. The predicted octanol–water partition coefficient (Wildman–Crippen LogP) is 3.24. The molecule has 1 saturated heterocycles. The van der Waals surface area contributed by atoms with E-state index in [-0.39, 0.29) is 18.9 Å². The van der Waals surface area contributed by atoms with Gasteiger partial charge in [-0.1, -0.05) is 18.2 Å². The van der Waals surface area contributed by atoms with Crippen LogP contribution in [-0.4, -0.2) is 37.5 Å². The number of benzene rings is 2. The molecule has 1 unspecified atom stereocenters. The summed E-state index contributed by atoms with van der Waals surface area (Å²) in [6, 6.07) is 12.7. The lowest BCUT2D eigenvalue weighted by atomic mass is 10.1. The minimum atomic E-state index is -0.588. The van der Waals surface area contributed by atoms with E-state index in [0.29, 0.717) is 18.0 Å².